The minimum absolute atomic E-state index is 0.329. The molecule has 0 N–H and O–H groups in total. The van der Waals surface area contributed by atoms with Gasteiger partial charge >= 0.3 is 5.97 Å². The van der Waals surface area contributed by atoms with Gasteiger partial charge in [-0.05, 0) is 60.5 Å². The van der Waals surface area contributed by atoms with Crippen molar-refractivity contribution in [3.05, 3.63) is 54.1 Å². The summed E-state index contributed by atoms with van der Waals surface area (Å²) < 4.78 is 10.8. The number of nitrogens with zero attached hydrogens (tertiary/aromatic N) is 1. The lowest BCUT2D eigenvalue weighted by molar-refractivity contribution is -0.131. The summed E-state index contributed by atoms with van der Waals surface area (Å²) in [6.07, 6.45) is 7.99. The summed E-state index contributed by atoms with van der Waals surface area (Å²) in [4.78, 5) is 15.3. The van der Waals surface area contributed by atoms with Crippen LogP contribution in [0.2, 0.25) is 0 Å². The van der Waals surface area contributed by atoms with Crippen LogP contribution < -0.4 is 9.47 Å². The summed E-state index contributed by atoms with van der Waals surface area (Å²) in [5.74, 6) is 1.08. The third-order valence-electron chi connectivity index (χ3n) is 3.86. The second-order valence-electron chi connectivity index (χ2n) is 6.18. The average molecular weight is 353 g/mol. The first-order valence-corrected chi connectivity index (χ1v) is 9.23. The van der Waals surface area contributed by atoms with Gasteiger partial charge < -0.3 is 9.47 Å². The van der Waals surface area contributed by atoms with Crippen LogP contribution in [0, 0.1) is 0 Å². The average Bonchev–Trinajstić information content (AvgIpc) is 2.64. The number of hydrogen-bond donors (Lipinski definition) is 0. The van der Waals surface area contributed by atoms with Crippen molar-refractivity contribution in [1.29, 1.82) is 0 Å². The number of carbonyl (C=O) groups excluding carboxylic acids is 1. The van der Waals surface area contributed by atoms with E-state index >= 15 is 0 Å². The highest BCUT2D eigenvalue weighted by Gasteiger charge is 1.98. The molecule has 0 radical (unpaired) electrons. The zero-order valence-electron chi connectivity index (χ0n) is 15.6. The van der Waals surface area contributed by atoms with Gasteiger partial charge in [-0.25, -0.2) is 0 Å². The Morgan fingerprint density at radius 2 is 1.58 bits per heavy atom. The number of ether oxygens (including phenoxy) is 2. The van der Waals surface area contributed by atoms with Crippen molar-refractivity contribution in [1.82, 2.24) is 0 Å². The van der Waals surface area contributed by atoms with E-state index in [9.17, 15) is 4.79 Å². The smallest absolute Gasteiger partial charge is 0.308 e. The van der Waals surface area contributed by atoms with Gasteiger partial charge in [0.05, 0.1) is 12.3 Å². The molecule has 26 heavy (non-hydrogen) atoms. The minimum Gasteiger partial charge on any atom is -0.494 e. The summed E-state index contributed by atoms with van der Waals surface area (Å²) in [5, 5.41) is 0. The normalized spacial score (nSPS) is 10.8. The molecule has 0 bridgehead atoms. The maximum absolute atomic E-state index is 10.9. The number of esters is 1. The molecule has 2 aromatic rings. The maximum Gasteiger partial charge on any atom is 0.308 e. The molecule has 0 aliphatic rings. The zero-order chi connectivity index (χ0) is 18.6. The van der Waals surface area contributed by atoms with Crippen LogP contribution in [0.25, 0.3) is 0 Å². The summed E-state index contributed by atoms with van der Waals surface area (Å²) in [7, 11) is 0. The van der Waals surface area contributed by atoms with Gasteiger partial charge in [-0.2, -0.15) is 0 Å². The molecule has 0 aliphatic heterocycles. The number of aliphatic imine (C=N–C) groups is 1. The second kappa shape index (κ2) is 11.1. The fourth-order valence-electron chi connectivity index (χ4n) is 2.46. The van der Waals surface area contributed by atoms with Crippen LogP contribution in [0.4, 0.5) is 5.69 Å². The Kier molecular flexibility index (Phi) is 8.40. The first kappa shape index (κ1) is 19.7. The molecule has 0 heterocycles. The lowest BCUT2D eigenvalue weighted by atomic mass is 10.2. The summed E-state index contributed by atoms with van der Waals surface area (Å²) in [6, 6.07) is 15.0. The predicted molar refractivity (Wildman–Crippen MR) is 106 cm³/mol. The van der Waals surface area contributed by atoms with Gasteiger partial charge in [0.25, 0.3) is 0 Å². The summed E-state index contributed by atoms with van der Waals surface area (Å²) in [5.41, 5.74) is 1.80. The van der Waals surface area contributed by atoms with Crippen LogP contribution in [0.5, 0.6) is 11.5 Å². The lowest BCUT2D eigenvalue weighted by Gasteiger charge is -2.06. The van der Waals surface area contributed by atoms with Crippen molar-refractivity contribution in [2.24, 2.45) is 4.99 Å². The topological polar surface area (TPSA) is 47.9 Å². The van der Waals surface area contributed by atoms with Crippen molar-refractivity contribution in [3.63, 3.8) is 0 Å². The Morgan fingerprint density at radius 1 is 0.923 bits per heavy atom. The molecular weight excluding hydrogens is 326 g/mol. The highest BCUT2D eigenvalue weighted by Crippen LogP contribution is 2.19. The molecule has 2 aromatic carbocycles. The van der Waals surface area contributed by atoms with Crippen LogP contribution in [-0.2, 0) is 4.79 Å². The molecule has 2 rings (SSSR count). The number of unbranched alkanes of at least 4 members (excludes halogenated alkanes) is 4. The third kappa shape index (κ3) is 7.51. The Labute approximate surface area is 155 Å². The molecule has 138 valence electrons. The summed E-state index contributed by atoms with van der Waals surface area (Å²) in [6.45, 7) is 4.37. The molecule has 0 atom stereocenters. The lowest BCUT2D eigenvalue weighted by Crippen LogP contribution is -2.00. The molecule has 4 nitrogen and oxygen atoms in total. The molecule has 0 amide bonds. The van der Waals surface area contributed by atoms with Crippen molar-refractivity contribution in [3.8, 4) is 11.5 Å². The van der Waals surface area contributed by atoms with E-state index in [0.29, 0.717) is 5.75 Å². The molecule has 0 aromatic heterocycles. The highest BCUT2D eigenvalue weighted by atomic mass is 16.5. The number of benzene rings is 2. The number of carbonyl (C=O) groups is 1. The van der Waals surface area contributed by atoms with Crippen LogP contribution in [-0.4, -0.2) is 18.8 Å². The van der Waals surface area contributed by atoms with Crippen LogP contribution in [0.15, 0.2) is 53.5 Å². The molecule has 0 saturated heterocycles. The molecule has 0 aliphatic carbocycles. The van der Waals surface area contributed by atoms with Gasteiger partial charge in [-0.3, -0.25) is 9.79 Å². The molecule has 0 unspecified atom stereocenters. The van der Waals surface area contributed by atoms with Crippen molar-refractivity contribution >= 4 is 17.9 Å². The van der Waals surface area contributed by atoms with Gasteiger partial charge in [0.15, 0.2) is 0 Å². The second-order valence-corrected chi connectivity index (χ2v) is 6.18. The van der Waals surface area contributed by atoms with E-state index in [1.54, 1.807) is 18.3 Å². The van der Waals surface area contributed by atoms with Gasteiger partial charge in [-0.1, -0.05) is 32.6 Å². The van der Waals surface area contributed by atoms with Crippen LogP contribution in [0.1, 0.15) is 51.5 Å². The van der Waals surface area contributed by atoms with E-state index in [1.165, 1.54) is 32.6 Å². The van der Waals surface area contributed by atoms with E-state index in [-0.39, 0.29) is 5.97 Å². The molecule has 0 spiro atoms. The monoisotopic (exact) mass is 353 g/mol. The summed E-state index contributed by atoms with van der Waals surface area (Å²) >= 11 is 0. The molecular formula is C22H27NO3. The SMILES string of the molecule is CCCCCCCOc1ccc(C=Nc2ccc(OC(C)=O)cc2)cc1. The zero-order valence-corrected chi connectivity index (χ0v) is 15.6. The predicted octanol–water partition coefficient (Wildman–Crippen LogP) is 5.71. The largest absolute Gasteiger partial charge is 0.494 e. The Hall–Kier alpha value is -2.62. The number of hydrogen-bond acceptors (Lipinski definition) is 4. The standard InChI is InChI=1S/C22H27NO3/c1-3-4-5-6-7-16-25-21-12-8-19(9-13-21)17-23-20-10-14-22(15-11-20)26-18(2)24/h8-15,17H,3-7,16H2,1-2H3. The van der Waals surface area contributed by atoms with Gasteiger partial charge in [0.2, 0.25) is 0 Å². The van der Waals surface area contributed by atoms with Crippen molar-refractivity contribution < 1.29 is 14.3 Å². The molecule has 0 saturated carbocycles. The quantitative estimate of drug-likeness (QED) is 0.238. The Bertz CT molecular complexity index is 690. The number of rotatable bonds is 10. The molecule has 0 fully saturated rings. The maximum atomic E-state index is 10.9. The highest BCUT2D eigenvalue weighted by molar-refractivity contribution is 5.82. The van der Waals surface area contributed by atoms with Crippen LogP contribution >= 0.6 is 0 Å². The Balaban J connectivity index is 1.79. The van der Waals surface area contributed by atoms with E-state index in [0.717, 1.165) is 30.0 Å². The van der Waals surface area contributed by atoms with Crippen molar-refractivity contribution in [2.75, 3.05) is 6.61 Å². The van der Waals surface area contributed by atoms with E-state index in [2.05, 4.69) is 11.9 Å². The first-order chi connectivity index (χ1) is 12.7. The van der Waals surface area contributed by atoms with Crippen LogP contribution in [0.3, 0.4) is 0 Å². The van der Waals surface area contributed by atoms with E-state index in [4.69, 9.17) is 9.47 Å². The minimum atomic E-state index is -0.329. The fraction of sp³-hybridized carbons (Fsp3) is 0.364. The first-order valence-electron chi connectivity index (χ1n) is 9.23. The van der Waals surface area contributed by atoms with E-state index < -0.39 is 0 Å². The van der Waals surface area contributed by atoms with Crippen molar-refractivity contribution in [2.45, 2.75) is 46.0 Å². The van der Waals surface area contributed by atoms with E-state index in [1.807, 2.05) is 36.4 Å². The Morgan fingerprint density at radius 3 is 2.23 bits per heavy atom. The molecule has 4 heteroatoms. The third-order valence-corrected chi connectivity index (χ3v) is 3.86. The van der Waals surface area contributed by atoms with Gasteiger partial charge in [0, 0.05) is 13.1 Å². The van der Waals surface area contributed by atoms with Gasteiger partial charge in [-0.15, -0.1) is 0 Å². The fourth-order valence-corrected chi connectivity index (χ4v) is 2.46. The van der Waals surface area contributed by atoms with Gasteiger partial charge in [0.1, 0.15) is 11.5 Å².